The van der Waals surface area contributed by atoms with Crippen LogP contribution in [-0.4, -0.2) is 55.5 Å². The van der Waals surface area contributed by atoms with Gasteiger partial charge in [0.25, 0.3) is 0 Å². The van der Waals surface area contributed by atoms with E-state index >= 15 is 0 Å². The van der Waals surface area contributed by atoms with Gasteiger partial charge in [-0.25, -0.2) is 4.79 Å². The summed E-state index contributed by atoms with van der Waals surface area (Å²) in [5.41, 5.74) is 0. The van der Waals surface area contributed by atoms with Gasteiger partial charge in [0.2, 0.25) is 0 Å². The molecule has 0 bridgehead atoms. The Balaban J connectivity index is 2.17. The highest BCUT2D eigenvalue weighted by Gasteiger charge is 2.25. The molecule has 0 aromatic rings. The largest absolute Gasteiger partial charge is 0.389 e. The average molecular weight is 202 g/mol. The molecule has 0 aromatic heterocycles. The maximum absolute atomic E-state index is 11.4. The summed E-state index contributed by atoms with van der Waals surface area (Å²) in [6.07, 6.45) is 1.52. The SMILES string of the molecule is COCC(O)CN(C)C(=O)NC1CC1. The van der Waals surface area contributed by atoms with Crippen LogP contribution < -0.4 is 5.32 Å². The summed E-state index contributed by atoms with van der Waals surface area (Å²) in [6, 6.07) is 0.229. The van der Waals surface area contributed by atoms with E-state index in [1.54, 1.807) is 7.05 Å². The van der Waals surface area contributed by atoms with Crippen LogP contribution in [0.25, 0.3) is 0 Å². The first-order valence-electron chi connectivity index (χ1n) is 4.82. The van der Waals surface area contributed by atoms with Gasteiger partial charge in [0, 0.05) is 20.2 Å². The van der Waals surface area contributed by atoms with Crippen molar-refractivity contribution in [1.82, 2.24) is 10.2 Å². The van der Waals surface area contributed by atoms with Crippen molar-refractivity contribution >= 4 is 6.03 Å². The molecule has 82 valence electrons. The van der Waals surface area contributed by atoms with E-state index in [4.69, 9.17) is 4.74 Å². The van der Waals surface area contributed by atoms with Crippen molar-refractivity contribution in [1.29, 1.82) is 0 Å². The Bertz CT molecular complexity index is 194. The highest BCUT2D eigenvalue weighted by atomic mass is 16.5. The van der Waals surface area contributed by atoms with Crippen LogP contribution in [-0.2, 0) is 4.74 Å². The van der Waals surface area contributed by atoms with Crippen molar-refractivity contribution < 1.29 is 14.6 Å². The molecule has 0 aliphatic heterocycles. The second kappa shape index (κ2) is 5.17. The number of hydrogen-bond donors (Lipinski definition) is 2. The Hall–Kier alpha value is -0.810. The van der Waals surface area contributed by atoms with Gasteiger partial charge in [0.1, 0.15) is 0 Å². The molecule has 1 unspecified atom stereocenters. The summed E-state index contributed by atoms with van der Waals surface area (Å²) in [5.74, 6) is 0. The van der Waals surface area contributed by atoms with Crippen molar-refractivity contribution in [3.8, 4) is 0 Å². The summed E-state index contributed by atoms with van der Waals surface area (Å²) >= 11 is 0. The molecule has 0 radical (unpaired) electrons. The predicted molar refractivity (Wildman–Crippen MR) is 52.1 cm³/mol. The lowest BCUT2D eigenvalue weighted by molar-refractivity contribution is 0.0489. The molecule has 0 aromatic carbocycles. The van der Waals surface area contributed by atoms with E-state index < -0.39 is 6.10 Å². The highest BCUT2D eigenvalue weighted by Crippen LogP contribution is 2.18. The van der Waals surface area contributed by atoms with E-state index in [2.05, 4.69) is 5.32 Å². The van der Waals surface area contributed by atoms with Gasteiger partial charge >= 0.3 is 6.03 Å². The minimum absolute atomic E-state index is 0.123. The average Bonchev–Trinajstić information content (AvgIpc) is 2.88. The molecule has 1 saturated carbocycles. The molecule has 1 aliphatic carbocycles. The number of nitrogens with zero attached hydrogens (tertiary/aromatic N) is 1. The zero-order valence-electron chi connectivity index (χ0n) is 8.69. The van der Waals surface area contributed by atoms with E-state index in [1.807, 2.05) is 0 Å². The van der Waals surface area contributed by atoms with Crippen molar-refractivity contribution in [3.05, 3.63) is 0 Å². The van der Waals surface area contributed by atoms with Gasteiger partial charge in [-0.3, -0.25) is 0 Å². The molecule has 1 aliphatic rings. The topological polar surface area (TPSA) is 61.8 Å². The number of amides is 2. The number of ether oxygens (including phenoxy) is 1. The normalized spacial score (nSPS) is 17.6. The zero-order chi connectivity index (χ0) is 10.6. The molecule has 0 spiro atoms. The summed E-state index contributed by atoms with van der Waals surface area (Å²) < 4.78 is 4.77. The number of aliphatic hydroxyl groups is 1. The van der Waals surface area contributed by atoms with E-state index in [0.29, 0.717) is 12.6 Å². The highest BCUT2D eigenvalue weighted by molar-refractivity contribution is 5.74. The van der Waals surface area contributed by atoms with Crippen LogP contribution >= 0.6 is 0 Å². The maximum atomic E-state index is 11.4. The standard InChI is InChI=1S/C9H18N2O3/c1-11(5-8(12)6-14-2)9(13)10-7-3-4-7/h7-8,12H,3-6H2,1-2H3,(H,10,13). The predicted octanol–water partition coefficient (Wildman–Crippen LogP) is -0.203. The van der Waals surface area contributed by atoms with Gasteiger partial charge < -0.3 is 20.1 Å². The van der Waals surface area contributed by atoms with Gasteiger partial charge in [-0.1, -0.05) is 0 Å². The van der Waals surface area contributed by atoms with Crippen LogP contribution in [0.2, 0.25) is 0 Å². The second-order valence-corrected chi connectivity index (χ2v) is 3.71. The Morgan fingerprint density at radius 3 is 2.86 bits per heavy atom. The monoisotopic (exact) mass is 202 g/mol. The first kappa shape index (κ1) is 11.3. The number of methoxy groups -OCH3 is 1. The Kier molecular flexibility index (Phi) is 4.16. The lowest BCUT2D eigenvalue weighted by Crippen LogP contribution is -2.43. The lowest BCUT2D eigenvalue weighted by atomic mass is 10.3. The van der Waals surface area contributed by atoms with Crippen molar-refractivity contribution in [2.24, 2.45) is 0 Å². The number of nitrogens with one attached hydrogen (secondary N) is 1. The van der Waals surface area contributed by atoms with Gasteiger partial charge in [-0.05, 0) is 12.8 Å². The number of aliphatic hydroxyl groups excluding tert-OH is 1. The van der Waals surface area contributed by atoms with Crippen LogP contribution in [0.1, 0.15) is 12.8 Å². The third kappa shape index (κ3) is 3.93. The first-order valence-corrected chi connectivity index (χ1v) is 4.82. The molecule has 5 heteroatoms. The third-order valence-electron chi connectivity index (χ3n) is 2.10. The summed E-state index contributed by atoms with van der Waals surface area (Å²) in [5, 5.41) is 12.2. The Morgan fingerprint density at radius 1 is 1.71 bits per heavy atom. The summed E-state index contributed by atoms with van der Waals surface area (Å²) in [6.45, 7) is 0.549. The molecule has 1 rings (SSSR count). The number of carbonyl (C=O) groups excluding carboxylic acids is 1. The fraction of sp³-hybridized carbons (Fsp3) is 0.889. The van der Waals surface area contributed by atoms with Crippen LogP contribution in [0.5, 0.6) is 0 Å². The minimum Gasteiger partial charge on any atom is -0.389 e. The van der Waals surface area contributed by atoms with Crippen LogP contribution in [0.3, 0.4) is 0 Å². The fourth-order valence-corrected chi connectivity index (χ4v) is 1.16. The van der Waals surface area contributed by atoms with Crippen molar-refractivity contribution in [3.63, 3.8) is 0 Å². The number of hydrogen-bond acceptors (Lipinski definition) is 3. The molecular formula is C9H18N2O3. The third-order valence-corrected chi connectivity index (χ3v) is 2.10. The van der Waals surface area contributed by atoms with Gasteiger partial charge in [0.05, 0.1) is 19.3 Å². The second-order valence-electron chi connectivity index (χ2n) is 3.71. The maximum Gasteiger partial charge on any atom is 0.317 e. The number of urea groups is 1. The number of likely N-dealkylation sites (N-methyl/N-ethyl adjacent to an activating group) is 1. The molecule has 1 fully saturated rings. The van der Waals surface area contributed by atoms with E-state index in [0.717, 1.165) is 12.8 Å². The zero-order valence-corrected chi connectivity index (χ0v) is 8.69. The summed E-state index contributed by atoms with van der Waals surface area (Å²) in [4.78, 5) is 12.9. The van der Waals surface area contributed by atoms with Gasteiger partial charge in [-0.2, -0.15) is 0 Å². The van der Waals surface area contributed by atoms with Crippen LogP contribution in [0, 0.1) is 0 Å². The summed E-state index contributed by atoms with van der Waals surface area (Å²) in [7, 11) is 3.18. The molecule has 5 nitrogen and oxygen atoms in total. The van der Waals surface area contributed by atoms with Crippen molar-refractivity contribution in [2.45, 2.75) is 25.0 Å². The first-order chi connectivity index (χ1) is 6.63. The van der Waals surface area contributed by atoms with E-state index in [1.165, 1.54) is 12.0 Å². The quantitative estimate of drug-likeness (QED) is 0.649. The molecule has 1 atom stereocenters. The van der Waals surface area contributed by atoms with E-state index in [-0.39, 0.29) is 12.6 Å². The Labute approximate surface area is 84.0 Å². The van der Waals surface area contributed by atoms with Crippen molar-refractivity contribution in [2.75, 3.05) is 27.3 Å². The molecule has 0 heterocycles. The molecule has 0 saturated heterocycles. The molecular weight excluding hydrogens is 184 g/mol. The minimum atomic E-state index is -0.616. The van der Waals surface area contributed by atoms with Crippen LogP contribution in [0.15, 0.2) is 0 Å². The van der Waals surface area contributed by atoms with Crippen LogP contribution in [0.4, 0.5) is 4.79 Å². The molecule has 2 N–H and O–H groups in total. The molecule has 2 amide bonds. The number of rotatable bonds is 5. The van der Waals surface area contributed by atoms with E-state index in [9.17, 15) is 9.90 Å². The number of carbonyl (C=O) groups is 1. The Morgan fingerprint density at radius 2 is 2.36 bits per heavy atom. The molecule has 14 heavy (non-hydrogen) atoms. The lowest BCUT2D eigenvalue weighted by Gasteiger charge is -2.20. The smallest absolute Gasteiger partial charge is 0.317 e. The van der Waals surface area contributed by atoms with Gasteiger partial charge in [-0.15, -0.1) is 0 Å². The fourth-order valence-electron chi connectivity index (χ4n) is 1.16. The van der Waals surface area contributed by atoms with Gasteiger partial charge in [0.15, 0.2) is 0 Å².